The Morgan fingerprint density at radius 1 is 1.10 bits per heavy atom. The summed E-state index contributed by atoms with van der Waals surface area (Å²) >= 11 is 7.13. The molecule has 108 valence electrons. The molecule has 0 saturated heterocycles. The topological polar surface area (TPSA) is 38.3 Å². The highest BCUT2D eigenvalue weighted by molar-refractivity contribution is 9.10. The van der Waals surface area contributed by atoms with Crippen molar-refractivity contribution in [2.45, 2.75) is 4.83 Å². The van der Waals surface area contributed by atoms with Gasteiger partial charge in [0.15, 0.2) is 0 Å². The summed E-state index contributed by atoms with van der Waals surface area (Å²) in [5.74, 6) is 0.559. The molecule has 0 fully saturated rings. The first-order chi connectivity index (χ1) is 10.1. The van der Waals surface area contributed by atoms with Gasteiger partial charge in [0.1, 0.15) is 12.4 Å². The summed E-state index contributed by atoms with van der Waals surface area (Å²) in [5.41, 5.74) is 2.75. The molecular weight excluding hydrogens is 398 g/mol. The van der Waals surface area contributed by atoms with E-state index in [1.54, 1.807) is 0 Å². The van der Waals surface area contributed by atoms with E-state index in [0.717, 1.165) is 15.6 Å². The molecule has 3 rings (SSSR count). The van der Waals surface area contributed by atoms with Crippen LogP contribution in [0.25, 0.3) is 0 Å². The fraction of sp³-hybridized carbons (Fsp3) is 0.188. The van der Waals surface area contributed by atoms with Gasteiger partial charge in [-0.2, -0.15) is 0 Å². The average molecular weight is 411 g/mol. The number of rotatable bonds is 2. The van der Waals surface area contributed by atoms with Crippen LogP contribution in [-0.2, 0) is 0 Å². The van der Waals surface area contributed by atoms with E-state index >= 15 is 0 Å². The maximum absolute atomic E-state index is 12.0. The smallest absolute Gasteiger partial charge is 0.255 e. The zero-order valence-corrected chi connectivity index (χ0v) is 14.3. The Labute approximate surface area is 140 Å². The zero-order valence-electron chi connectivity index (χ0n) is 11.1. The van der Waals surface area contributed by atoms with Gasteiger partial charge in [-0.3, -0.25) is 4.79 Å². The van der Waals surface area contributed by atoms with Crippen molar-refractivity contribution in [3.8, 4) is 5.75 Å². The lowest BCUT2D eigenvalue weighted by molar-refractivity contribution is 0.0957. The number of amides is 1. The Balaban J connectivity index is 1.96. The van der Waals surface area contributed by atoms with Gasteiger partial charge in [0.05, 0.1) is 16.9 Å². The molecule has 0 radical (unpaired) electrons. The molecule has 1 N–H and O–H groups in total. The molecule has 1 atom stereocenters. The van der Waals surface area contributed by atoms with Crippen LogP contribution < -0.4 is 10.1 Å². The summed E-state index contributed by atoms with van der Waals surface area (Å²) in [7, 11) is 0. The molecule has 0 bridgehead atoms. The highest BCUT2D eigenvalue weighted by atomic mass is 79.9. The first-order valence-corrected chi connectivity index (χ1v) is 8.30. The number of ether oxygens (including phenoxy) is 1. The van der Waals surface area contributed by atoms with Crippen molar-refractivity contribution in [2.24, 2.45) is 0 Å². The van der Waals surface area contributed by atoms with Crippen molar-refractivity contribution in [1.29, 1.82) is 0 Å². The minimum atomic E-state index is -0.0835. The van der Waals surface area contributed by atoms with E-state index in [-0.39, 0.29) is 10.7 Å². The lowest BCUT2D eigenvalue weighted by Crippen LogP contribution is -2.24. The molecule has 1 amide bonds. The maximum atomic E-state index is 12.0. The van der Waals surface area contributed by atoms with Gasteiger partial charge >= 0.3 is 0 Å². The highest BCUT2D eigenvalue weighted by Crippen LogP contribution is 2.34. The van der Waals surface area contributed by atoms with Crippen molar-refractivity contribution in [2.75, 3.05) is 13.2 Å². The van der Waals surface area contributed by atoms with Gasteiger partial charge in [0.2, 0.25) is 0 Å². The number of benzene rings is 2. The second-order valence-electron chi connectivity index (χ2n) is 4.77. The number of nitrogens with one attached hydrogen (secondary N) is 1. The first kappa shape index (κ1) is 14.6. The molecule has 0 spiro atoms. The van der Waals surface area contributed by atoms with E-state index in [2.05, 4.69) is 37.2 Å². The van der Waals surface area contributed by atoms with Crippen molar-refractivity contribution < 1.29 is 9.53 Å². The molecule has 3 nitrogen and oxygen atoms in total. The molecular formula is C16H13Br2NO2. The lowest BCUT2D eigenvalue weighted by atomic mass is 10.0. The number of fused-ring (bicyclic) bond motifs is 1. The van der Waals surface area contributed by atoms with Gasteiger partial charge in [-0.25, -0.2) is 0 Å². The van der Waals surface area contributed by atoms with Crippen LogP contribution in [-0.4, -0.2) is 19.1 Å². The Morgan fingerprint density at radius 2 is 1.81 bits per heavy atom. The van der Waals surface area contributed by atoms with E-state index in [4.69, 9.17) is 4.74 Å². The van der Waals surface area contributed by atoms with Crippen LogP contribution in [0.4, 0.5) is 0 Å². The SMILES string of the molecule is O=C1NCCOc2ccc(C(Br)c3ccc(Br)cc3)cc21. The zero-order chi connectivity index (χ0) is 14.8. The van der Waals surface area contributed by atoms with E-state index < -0.39 is 0 Å². The molecule has 0 aliphatic carbocycles. The van der Waals surface area contributed by atoms with Crippen LogP contribution in [0, 0.1) is 0 Å². The summed E-state index contributed by atoms with van der Waals surface area (Å²) < 4.78 is 6.61. The van der Waals surface area contributed by atoms with E-state index in [1.165, 1.54) is 0 Å². The van der Waals surface area contributed by atoms with Gasteiger partial charge in [0.25, 0.3) is 5.91 Å². The Morgan fingerprint density at radius 3 is 2.57 bits per heavy atom. The number of halogens is 2. The molecule has 1 unspecified atom stereocenters. The van der Waals surface area contributed by atoms with Crippen LogP contribution in [0.3, 0.4) is 0 Å². The van der Waals surface area contributed by atoms with Gasteiger partial charge in [-0.15, -0.1) is 0 Å². The normalized spacial score (nSPS) is 15.4. The fourth-order valence-electron chi connectivity index (χ4n) is 2.25. The molecule has 21 heavy (non-hydrogen) atoms. The summed E-state index contributed by atoms with van der Waals surface area (Å²) in [6.07, 6.45) is 0. The minimum absolute atomic E-state index is 0.0342. The lowest BCUT2D eigenvalue weighted by Gasteiger charge is -2.13. The molecule has 1 aliphatic rings. The largest absolute Gasteiger partial charge is 0.491 e. The van der Waals surface area contributed by atoms with Crippen LogP contribution in [0.1, 0.15) is 26.3 Å². The number of carbonyl (C=O) groups excluding carboxylic acids is 1. The van der Waals surface area contributed by atoms with E-state index in [9.17, 15) is 4.79 Å². The molecule has 1 aliphatic heterocycles. The molecule has 0 saturated carbocycles. The average Bonchev–Trinajstić information content (AvgIpc) is 2.69. The second kappa shape index (κ2) is 6.20. The third-order valence-electron chi connectivity index (χ3n) is 3.35. The number of hydrogen-bond donors (Lipinski definition) is 1. The first-order valence-electron chi connectivity index (χ1n) is 6.59. The molecule has 2 aromatic carbocycles. The van der Waals surface area contributed by atoms with E-state index in [1.807, 2.05) is 42.5 Å². The molecule has 1 heterocycles. The van der Waals surface area contributed by atoms with Gasteiger partial charge in [-0.1, -0.05) is 50.1 Å². The van der Waals surface area contributed by atoms with Crippen molar-refractivity contribution in [1.82, 2.24) is 5.32 Å². The number of carbonyl (C=O) groups is 1. The quantitative estimate of drug-likeness (QED) is 0.758. The third-order valence-corrected chi connectivity index (χ3v) is 4.93. The van der Waals surface area contributed by atoms with Gasteiger partial charge in [-0.05, 0) is 35.4 Å². The predicted molar refractivity (Wildman–Crippen MR) is 89.2 cm³/mol. The molecule has 0 aromatic heterocycles. The predicted octanol–water partition coefficient (Wildman–Crippen LogP) is 4.06. The molecule has 5 heteroatoms. The number of hydrogen-bond acceptors (Lipinski definition) is 2. The van der Waals surface area contributed by atoms with Gasteiger partial charge in [0, 0.05) is 4.47 Å². The number of alkyl halides is 1. The monoisotopic (exact) mass is 409 g/mol. The second-order valence-corrected chi connectivity index (χ2v) is 6.61. The van der Waals surface area contributed by atoms with Crippen molar-refractivity contribution in [3.63, 3.8) is 0 Å². The minimum Gasteiger partial charge on any atom is -0.491 e. The standard InChI is InChI=1S/C16H13Br2NO2/c17-12-4-1-10(2-5-12)15(18)11-3-6-14-13(9-11)16(20)19-7-8-21-14/h1-6,9,15H,7-8H2,(H,19,20). The summed E-state index contributed by atoms with van der Waals surface area (Å²) in [4.78, 5) is 12.1. The van der Waals surface area contributed by atoms with Crippen LogP contribution in [0.15, 0.2) is 46.9 Å². The van der Waals surface area contributed by atoms with E-state index in [0.29, 0.717) is 24.5 Å². The van der Waals surface area contributed by atoms with Crippen LogP contribution >= 0.6 is 31.9 Å². The summed E-state index contributed by atoms with van der Waals surface area (Å²) in [6.45, 7) is 1.04. The summed E-state index contributed by atoms with van der Waals surface area (Å²) in [6, 6.07) is 13.8. The van der Waals surface area contributed by atoms with Gasteiger partial charge < -0.3 is 10.1 Å². The summed E-state index contributed by atoms with van der Waals surface area (Å²) in [5, 5.41) is 2.83. The Kier molecular flexibility index (Phi) is 4.31. The van der Waals surface area contributed by atoms with Crippen LogP contribution in [0.2, 0.25) is 0 Å². The third kappa shape index (κ3) is 3.14. The Bertz CT molecular complexity index is 670. The molecule has 2 aromatic rings. The van der Waals surface area contributed by atoms with Crippen LogP contribution in [0.5, 0.6) is 5.75 Å². The fourth-order valence-corrected chi connectivity index (χ4v) is 3.11. The maximum Gasteiger partial charge on any atom is 0.255 e. The highest BCUT2D eigenvalue weighted by Gasteiger charge is 2.19. The Hall–Kier alpha value is -1.33. The van der Waals surface area contributed by atoms with Crippen molar-refractivity contribution in [3.05, 3.63) is 63.6 Å². The van der Waals surface area contributed by atoms with Crippen molar-refractivity contribution >= 4 is 37.8 Å².